The smallest absolute Gasteiger partial charge is 0.146 e. The van der Waals surface area contributed by atoms with E-state index >= 15 is 0 Å². The van der Waals surface area contributed by atoms with E-state index in [1.807, 2.05) is 12.2 Å². The zero-order valence-corrected chi connectivity index (χ0v) is 11.6. The van der Waals surface area contributed by atoms with Gasteiger partial charge in [0.25, 0.3) is 0 Å². The summed E-state index contributed by atoms with van der Waals surface area (Å²) >= 11 is 6.00. The average molecular weight is 257 g/mol. The van der Waals surface area contributed by atoms with E-state index in [0.29, 0.717) is 6.04 Å². The molecule has 0 spiro atoms. The summed E-state index contributed by atoms with van der Waals surface area (Å²) in [7, 11) is 0. The summed E-state index contributed by atoms with van der Waals surface area (Å²) in [5.74, 6) is 0. The molecule has 2 aliphatic heterocycles. The molecule has 3 unspecified atom stereocenters. The number of hydrogen-bond acceptors (Lipinski definition) is 1. The lowest BCUT2D eigenvalue weighted by Crippen LogP contribution is -2.28. The van der Waals surface area contributed by atoms with Crippen LogP contribution in [-0.2, 0) is 11.8 Å². The van der Waals surface area contributed by atoms with Crippen LogP contribution < -0.4 is 0 Å². The van der Waals surface area contributed by atoms with Crippen molar-refractivity contribution in [2.45, 2.75) is 13.0 Å². The third-order valence-electron chi connectivity index (χ3n) is 3.00. The Balaban J connectivity index is 2.18. The Morgan fingerprint density at radius 1 is 1.38 bits per heavy atom. The van der Waals surface area contributed by atoms with Crippen molar-refractivity contribution >= 4 is 18.3 Å². The Labute approximate surface area is 104 Å². The molecule has 2 rings (SSSR count). The van der Waals surface area contributed by atoms with Crippen LogP contribution in [-0.4, -0.2) is 52.8 Å². The molecule has 0 aromatic carbocycles. The maximum absolute atomic E-state index is 6.00. The van der Waals surface area contributed by atoms with E-state index in [-0.39, 0.29) is 0 Å². The predicted molar refractivity (Wildman–Crippen MR) is 74.0 cm³/mol. The lowest BCUT2D eigenvalue weighted by Gasteiger charge is -2.36. The molecule has 16 heavy (non-hydrogen) atoms. The molecule has 2 fully saturated rings. The second kappa shape index (κ2) is 4.71. The van der Waals surface area contributed by atoms with Gasteiger partial charge in [0.15, 0.2) is 0 Å². The topological polar surface area (TPSA) is 9.26 Å². The van der Waals surface area contributed by atoms with Gasteiger partial charge < -0.3 is 0 Å². The molecular weight excluding hydrogens is 237 g/mol. The van der Waals surface area contributed by atoms with Crippen molar-refractivity contribution in [2.75, 3.05) is 32.7 Å². The van der Waals surface area contributed by atoms with E-state index in [1.165, 1.54) is 0 Å². The summed E-state index contributed by atoms with van der Waals surface area (Å²) < 4.78 is 7.29. The van der Waals surface area contributed by atoms with Crippen molar-refractivity contribution < 1.29 is 0 Å². The van der Waals surface area contributed by atoms with E-state index in [9.17, 15) is 0 Å². The van der Waals surface area contributed by atoms with Gasteiger partial charge in [-0.3, -0.25) is 0 Å². The molecule has 0 radical (unpaired) electrons. The second-order valence-corrected chi connectivity index (χ2v) is 8.53. The SMILES string of the molecule is C=CCN(CC=C)P(=S)(N1CC1)N1CC1C. The van der Waals surface area contributed by atoms with Crippen molar-refractivity contribution in [1.82, 2.24) is 14.0 Å². The molecule has 2 saturated heterocycles. The number of nitrogens with zero attached hydrogens (tertiary/aromatic N) is 3. The molecule has 0 N–H and O–H groups in total. The molecule has 0 aromatic heterocycles. The predicted octanol–water partition coefficient (Wildman–Crippen LogP) is 1.90. The molecule has 2 heterocycles. The zero-order chi connectivity index (χ0) is 11.8. The monoisotopic (exact) mass is 257 g/mol. The van der Waals surface area contributed by atoms with Crippen LogP contribution in [0.4, 0.5) is 0 Å². The molecule has 0 amide bonds. The maximum Gasteiger partial charge on any atom is 0.146 e. The number of rotatable bonds is 7. The summed E-state index contributed by atoms with van der Waals surface area (Å²) in [6.07, 6.45) is 3.89. The largest absolute Gasteiger partial charge is 0.249 e. The van der Waals surface area contributed by atoms with Crippen molar-refractivity contribution in [2.24, 2.45) is 0 Å². The van der Waals surface area contributed by atoms with E-state index in [2.05, 4.69) is 34.1 Å². The highest BCUT2D eigenvalue weighted by Crippen LogP contribution is 2.64. The highest BCUT2D eigenvalue weighted by atomic mass is 32.4. The van der Waals surface area contributed by atoms with Gasteiger partial charge in [0.2, 0.25) is 0 Å². The van der Waals surface area contributed by atoms with Gasteiger partial charge in [-0.1, -0.05) is 12.2 Å². The van der Waals surface area contributed by atoms with Gasteiger partial charge in [-0.15, -0.1) is 13.2 Å². The van der Waals surface area contributed by atoms with Crippen LogP contribution in [0.1, 0.15) is 6.92 Å². The quantitative estimate of drug-likeness (QED) is 0.391. The minimum atomic E-state index is -1.65. The summed E-state index contributed by atoms with van der Waals surface area (Å²) in [6, 6.07) is 0.656. The molecule has 3 atom stereocenters. The fourth-order valence-corrected chi connectivity index (χ4v) is 6.79. The first kappa shape index (κ1) is 12.5. The first-order valence-corrected chi connectivity index (χ1v) is 8.40. The average Bonchev–Trinajstić information content (AvgIpc) is 3.09. The van der Waals surface area contributed by atoms with Crippen molar-refractivity contribution in [3.8, 4) is 0 Å². The molecule has 0 aliphatic carbocycles. The van der Waals surface area contributed by atoms with Gasteiger partial charge in [0, 0.05) is 38.8 Å². The van der Waals surface area contributed by atoms with Crippen LogP contribution in [0, 0.1) is 0 Å². The molecule has 90 valence electrons. The minimum absolute atomic E-state index is 0.656. The van der Waals surface area contributed by atoms with Gasteiger partial charge in [-0.2, -0.15) is 0 Å². The van der Waals surface area contributed by atoms with Gasteiger partial charge >= 0.3 is 0 Å². The van der Waals surface area contributed by atoms with Gasteiger partial charge in [0.05, 0.1) is 0 Å². The van der Waals surface area contributed by atoms with E-state index < -0.39 is 6.49 Å². The van der Waals surface area contributed by atoms with Crippen LogP contribution in [0.15, 0.2) is 25.3 Å². The fraction of sp³-hybridized carbons (Fsp3) is 0.636. The van der Waals surface area contributed by atoms with Crippen LogP contribution >= 0.6 is 6.49 Å². The van der Waals surface area contributed by atoms with E-state index in [1.54, 1.807) is 0 Å². The summed E-state index contributed by atoms with van der Waals surface area (Å²) in [5, 5.41) is 0. The standard InChI is InChI=1S/C11H20N3PS/c1-4-6-12(7-5-2)15(16,13-8-9-13)14-10-11(14)3/h4-5,11H,1-2,6-10H2,3H3. The Hall–Kier alpha value is 0.01000. The molecular formula is C11H20N3PS. The summed E-state index contributed by atoms with van der Waals surface area (Å²) in [4.78, 5) is 0. The Bertz CT molecular complexity index is 330. The van der Waals surface area contributed by atoms with Crippen molar-refractivity contribution in [1.29, 1.82) is 0 Å². The van der Waals surface area contributed by atoms with Crippen LogP contribution in [0.5, 0.6) is 0 Å². The second-order valence-electron chi connectivity index (χ2n) is 4.39. The molecule has 3 nitrogen and oxygen atoms in total. The lowest BCUT2D eigenvalue weighted by molar-refractivity contribution is 0.499. The third-order valence-corrected chi connectivity index (χ3v) is 8.44. The maximum atomic E-state index is 6.00. The summed E-state index contributed by atoms with van der Waals surface area (Å²) in [6.45, 7) is 13.5. The van der Waals surface area contributed by atoms with Crippen LogP contribution in [0.3, 0.4) is 0 Å². The van der Waals surface area contributed by atoms with Gasteiger partial charge in [0.1, 0.15) is 6.49 Å². The Kier molecular flexibility index (Phi) is 3.67. The first-order valence-electron chi connectivity index (χ1n) is 5.74. The first-order chi connectivity index (χ1) is 7.64. The molecule has 2 aliphatic rings. The van der Waals surface area contributed by atoms with Crippen LogP contribution in [0.25, 0.3) is 0 Å². The molecule has 0 bridgehead atoms. The molecule has 0 aromatic rings. The normalized spacial score (nSPS) is 32.1. The zero-order valence-electron chi connectivity index (χ0n) is 9.88. The van der Waals surface area contributed by atoms with Gasteiger partial charge in [-0.05, 0) is 18.7 Å². The van der Waals surface area contributed by atoms with Crippen molar-refractivity contribution in [3.63, 3.8) is 0 Å². The minimum Gasteiger partial charge on any atom is -0.249 e. The summed E-state index contributed by atoms with van der Waals surface area (Å²) in [5.41, 5.74) is 0. The van der Waals surface area contributed by atoms with Crippen LogP contribution in [0.2, 0.25) is 0 Å². The highest BCUT2D eigenvalue weighted by molar-refractivity contribution is 8.11. The fourth-order valence-electron chi connectivity index (χ4n) is 1.98. The Morgan fingerprint density at radius 3 is 2.19 bits per heavy atom. The number of hydrogen-bond donors (Lipinski definition) is 0. The van der Waals surface area contributed by atoms with Gasteiger partial charge in [-0.25, -0.2) is 14.0 Å². The molecule has 5 heteroatoms. The third kappa shape index (κ3) is 2.18. The lowest BCUT2D eigenvalue weighted by atomic mass is 10.5. The highest BCUT2D eigenvalue weighted by Gasteiger charge is 2.50. The van der Waals surface area contributed by atoms with Crippen molar-refractivity contribution in [3.05, 3.63) is 25.3 Å². The van der Waals surface area contributed by atoms with E-state index in [4.69, 9.17) is 11.8 Å². The Morgan fingerprint density at radius 2 is 1.88 bits per heavy atom. The molecule has 0 saturated carbocycles. The van der Waals surface area contributed by atoms with E-state index in [0.717, 1.165) is 32.7 Å².